The third kappa shape index (κ3) is 1.91. The van der Waals surface area contributed by atoms with E-state index in [4.69, 9.17) is 9.81 Å². The van der Waals surface area contributed by atoms with E-state index in [1.807, 2.05) is 0 Å². The summed E-state index contributed by atoms with van der Waals surface area (Å²) in [6, 6.07) is 1.37. The highest BCUT2D eigenvalue weighted by Gasteiger charge is 2.14. The van der Waals surface area contributed by atoms with E-state index < -0.39 is 15.4 Å². The summed E-state index contributed by atoms with van der Waals surface area (Å²) in [6.07, 6.45) is 0. The predicted octanol–water partition coefficient (Wildman–Crippen LogP) is -0.214. The Morgan fingerprint density at radius 2 is 2.12 bits per heavy atom. The molecule has 0 aliphatic rings. The van der Waals surface area contributed by atoms with E-state index in [-0.39, 0.29) is 0 Å². The monoisotopic (exact) mass is 135 g/mol. The van der Waals surface area contributed by atoms with Crippen LogP contribution in [0.2, 0.25) is 0 Å². The fourth-order valence-corrected chi connectivity index (χ4v) is 0.200. The highest BCUT2D eigenvalue weighted by Crippen LogP contribution is 1.92. The SMILES string of the molecule is CC(C#N)S(=O)(=O)O. The molecule has 0 heterocycles. The number of hydrogen-bond acceptors (Lipinski definition) is 3. The van der Waals surface area contributed by atoms with Gasteiger partial charge in [-0.25, -0.2) is 0 Å². The molecule has 5 heteroatoms. The minimum absolute atomic E-state index is 1.11. The average molecular weight is 135 g/mol. The van der Waals surface area contributed by atoms with Crippen LogP contribution in [-0.2, 0) is 10.1 Å². The number of nitrogens with zero attached hydrogens (tertiary/aromatic N) is 1. The van der Waals surface area contributed by atoms with Gasteiger partial charge in [0.1, 0.15) is 0 Å². The molecule has 0 rings (SSSR count). The third-order valence-corrected chi connectivity index (χ3v) is 1.63. The second-order valence-electron chi connectivity index (χ2n) is 1.29. The van der Waals surface area contributed by atoms with Gasteiger partial charge in [0.25, 0.3) is 10.1 Å². The smallest absolute Gasteiger partial charge is 0.281 e. The molecule has 0 amide bonds. The molecule has 0 radical (unpaired) electrons. The number of rotatable bonds is 1. The van der Waals surface area contributed by atoms with Crippen LogP contribution in [0.4, 0.5) is 0 Å². The van der Waals surface area contributed by atoms with Gasteiger partial charge < -0.3 is 0 Å². The summed E-state index contributed by atoms with van der Waals surface area (Å²) in [5, 5.41) is 6.56. The van der Waals surface area contributed by atoms with Crippen LogP contribution in [0.15, 0.2) is 0 Å². The van der Waals surface area contributed by atoms with Crippen LogP contribution in [0.5, 0.6) is 0 Å². The zero-order chi connectivity index (χ0) is 6.78. The Balaban J connectivity index is 4.34. The summed E-state index contributed by atoms with van der Waals surface area (Å²) < 4.78 is 27.8. The molecule has 4 nitrogen and oxygen atoms in total. The minimum Gasteiger partial charge on any atom is -0.285 e. The summed E-state index contributed by atoms with van der Waals surface area (Å²) in [4.78, 5) is 0. The van der Waals surface area contributed by atoms with Gasteiger partial charge in [0.05, 0.1) is 6.07 Å². The Kier molecular flexibility index (Phi) is 1.95. The highest BCUT2D eigenvalue weighted by atomic mass is 32.2. The zero-order valence-corrected chi connectivity index (χ0v) is 5.01. The van der Waals surface area contributed by atoms with Crippen LogP contribution in [0, 0.1) is 11.3 Å². The van der Waals surface area contributed by atoms with Gasteiger partial charge in [0, 0.05) is 0 Å². The normalized spacial score (nSPS) is 14.6. The van der Waals surface area contributed by atoms with Crippen molar-refractivity contribution in [2.75, 3.05) is 0 Å². The topological polar surface area (TPSA) is 78.2 Å². The summed E-state index contributed by atoms with van der Waals surface area (Å²) >= 11 is 0. The molecule has 0 saturated heterocycles. The van der Waals surface area contributed by atoms with E-state index in [0.29, 0.717) is 0 Å². The maximum Gasteiger partial charge on any atom is 0.281 e. The lowest BCUT2D eigenvalue weighted by atomic mass is 10.5. The standard InChI is InChI=1S/C3H5NO3S/c1-3(2-4)8(5,6)7/h3H,1H3,(H,5,6,7). The van der Waals surface area contributed by atoms with Crippen molar-refractivity contribution in [2.45, 2.75) is 12.2 Å². The largest absolute Gasteiger partial charge is 0.285 e. The second kappa shape index (κ2) is 2.11. The Morgan fingerprint density at radius 3 is 2.12 bits per heavy atom. The van der Waals surface area contributed by atoms with E-state index in [1.165, 1.54) is 6.07 Å². The summed E-state index contributed by atoms with van der Waals surface area (Å²) in [6.45, 7) is 1.11. The van der Waals surface area contributed by atoms with Crippen molar-refractivity contribution >= 4 is 10.1 Å². The molecule has 0 aromatic heterocycles. The molecule has 46 valence electrons. The van der Waals surface area contributed by atoms with Crippen molar-refractivity contribution < 1.29 is 13.0 Å². The van der Waals surface area contributed by atoms with E-state index in [9.17, 15) is 8.42 Å². The Morgan fingerprint density at radius 1 is 1.75 bits per heavy atom. The van der Waals surface area contributed by atoms with Crippen molar-refractivity contribution in [3.8, 4) is 6.07 Å². The van der Waals surface area contributed by atoms with Gasteiger partial charge in [-0.2, -0.15) is 13.7 Å². The fraction of sp³-hybridized carbons (Fsp3) is 0.667. The molecule has 1 unspecified atom stereocenters. The van der Waals surface area contributed by atoms with E-state index >= 15 is 0 Å². The molecule has 0 spiro atoms. The van der Waals surface area contributed by atoms with Crippen molar-refractivity contribution in [3.05, 3.63) is 0 Å². The van der Waals surface area contributed by atoms with Gasteiger partial charge in [0.15, 0.2) is 5.25 Å². The molecule has 0 aromatic carbocycles. The molecule has 0 saturated carbocycles. The lowest BCUT2D eigenvalue weighted by Gasteiger charge is -1.91. The van der Waals surface area contributed by atoms with Crippen LogP contribution in [-0.4, -0.2) is 18.2 Å². The highest BCUT2D eigenvalue weighted by molar-refractivity contribution is 7.86. The zero-order valence-electron chi connectivity index (χ0n) is 4.20. The molecule has 1 N–H and O–H groups in total. The average Bonchev–Trinajstić information content (AvgIpc) is 1.62. The minimum atomic E-state index is -4.11. The van der Waals surface area contributed by atoms with E-state index in [0.717, 1.165) is 6.92 Å². The Bertz CT molecular complexity index is 199. The maximum absolute atomic E-state index is 9.90. The van der Waals surface area contributed by atoms with Crippen LogP contribution in [0.3, 0.4) is 0 Å². The number of hydrogen-bond donors (Lipinski definition) is 1. The maximum atomic E-state index is 9.90. The van der Waals surface area contributed by atoms with Crippen LogP contribution in [0.25, 0.3) is 0 Å². The molecule has 0 aromatic rings. The molecule has 8 heavy (non-hydrogen) atoms. The summed E-state index contributed by atoms with van der Waals surface area (Å²) in [5.74, 6) is 0. The molecular weight excluding hydrogens is 130 g/mol. The predicted molar refractivity (Wildman–Crippen MR) is 26.6 cm³/mol. The summed E-state index contributed by atoms with van der Waals surface area (Å²) in [5.41, 5.74) is 0. The van der Waals surface area contributed by atoms with Crippen molar-refractivity contribution in [1.29, 1.82) is 5.26 Å². The van der Waals surface area contributed by atoms with Gasteiger partial charge in [-0.15, -0.1) is 0 Å². The van der Waals surface area contributed by atoms with E-state index in [1.54, 1.807) is 0 Å². The molecule has 0 bridgehead atoms. The molecular formula is C3H5NO3S. The van der Waals surface area contributed by atoms with Crippen molar-refractivity contribution in [1.82, 2.24) is 0 Å². The summed E-state index contributed by atoms with van der Waals surface area (Å²) in [7, 11) is -4.11. The van der Waals surface area contributed by atoms with Gasteiger partial charge in [-0.05, 0) is 6.92 Å². The second-order valence-corrected chi connectivity index (χ2v) is 3.02. The van der Waals surface area contributed by atoms with Gasteiger partial charge in [0.2, 0.25) is 0 Å². The molecule has 1 atom stereocenters. The van der Waals surface area contributed by atoms with Crippen LogP contribution in [0.1, 0.15) is 6.92 Å². The molecule has 0 fully saturated rings. The first kappa shape index (κ1) is 7.40. The lowest BCUT2D eigenvalue weighted by molar-refractivity contribution is 0.478. The van der Waals surface area contributed by atoms with Gasteiger partial charge >= 0.3 is 0 Å². The first-order valence-electron chi connectivity index (χ1n) is 1.84. The molecule has 0 aliphatic heterocycles. The van der Waals surface area contributed by atoms with E-state index in [2.05, 4.69) is 0 Å². The van der Waals surface area contributed by atoms with Crippen molar-refractivity contribution in [2.24, 2.45) is 0 Å². The third-order valence-electron chi connectivity index (χ3n) is 0.629. The van der Waals surface area contributed by atoms with Crippen LogP contribution < -0.4 is 0 Å². The molecule has 0 aliphatic carbocycles. The van der Waals surface area contributed by atoms with Gasteiger partial charge in [-0.1, -0.05) is 0 Å². The Labute approximate surface area is 47.5 Å². The first-order valence-corrected chi connectivity index (χ1v) is 3.34. The lowest BCUT2D eigenvalue weighted by Crippen LogP contribution is -2.13. The Hall–Kier alpha value is -0.600. The first-order chi connectivity index (χ1) is 3.48. The quantitative estimate of drug-likeness (QED) is 0.504. The van der Waals surface area contributed by atoms with Crippen LogP contribution >= 0.6 is 0 Å². The fourth-order valence-electron chi connectivity index (χ4n) is 0.0666. The van der Waals surface area contributed by atoms with Crippen molar-refractivity contribution in [3.63, 3.8) is 0 Å². The number of nitriles is 1. The van der Waals surface area contributed by atoms with Gasteiger partial charge in [-0.3, -0.25) is 4.55 Å².